The van der Waals surface area contributed by atoms with E-state index in [2.05, 4.69) is 36.1 Å². The average molecular weight is 336 g/mol. The first kappa shape index (κ1) is 13.2. The van der Waals surface area contributed by atoms with Gasteiger partial charge < -0.3 is 4.90 Å². The van der Waals surface area contributed by atoms with E-state index in [1.54, 1.807) is 12.3 Å². The molecule has 1 saturated heterocycles. The zero-order valence-electron chi connectivity index (χ0n) is 10.8. The lowest BCUT2D eigenvalue weighted by Gasteiger charge is -2.30. The molecule has 0 unspecified atom stereocenters. The van der Waals surface area contributed by atoms with Crippen LogP contribution in [-0.2, 0) is 0 Å². The maximum Gasteiger partial charge on any atom is 0.273 e. The van der Waals surface area contributed by atoms with Crippen LogP contribution in [0.1, 0.15) is 35.1 Å². The maximum absolute atomic E-state index is 12.4. The number of carbonyl (C=O) groups is 1. The van der Waals surface area contributed by atoms with Crippen LogP contribution in [0.3, 0.4) is 0 Å². The van der Waals surface area contributed by atoms with Crippen molar-refractivity contribution in [2.75, 3.05) is 13.1 Å². The Morgan fingerprint density at radius 2 is 2.15 bits per heavy atom. The number of aromatic amines is 1. The van der Waals surface area contributed by atoms with Gasteiger partial charge in [0.25, 0.3) is 5.91 Å². The molecule has 1 N–H and O–H groups in total. The number of nitrogens with zero attached hydrogens (tertiary/aromatic N) is 4. The number of carbonyl (C=O) groups excluding carboxylic acids is 1. The molecule has 3 heterocycles. The van der Waals surface area contributed by atoms with Crippen molar-refractivity contribution in [1.29, 1.82) is 0 Å². The molecule has 104 valence electrons. The molecule has 0 spiro atoms. The molecule has 1 amide bonds. The third-order valence-electron chi connectivity index (χ3n) is 3.56. The fraction of sp³-hybridized carbons (Fsp3) is 0.385. The van der Waals surface area contributed by atoms with Gasteiger partial charge in [0, 0.05) is 29.7 Å². The lowest BCUT2D eigenvalue weighted by Crippen LogP contribution is -2.38. The highest BCUT2D eigenvalue weighted by Gasteiger charge is 2.27. The zero-order valence-corrected chi connectivity index (χ0v) is 12.4. The molecule has 1 fully saturated rings. The van der Waals surface area contributed by atoms with E-state index < -0.39 is 0 Å². The lowest BCUT2D eigenvalue weighted by molar-refractivity contribution is 0.0704. The molecule has 0 atom stereocenters. The van der Waals surface area contributed by atoms with Crippen molar-refractivity contribution in [2.45, 2.75) is 18.8 Å². The Morgan fingerprint density at radius 1 is 1.35 bits per heavy atom. The molecule has 0 aromatic carbocycles. The van der Waals surface area contributed by atoms with Gasteiger partial charge in [-0.2, -0.15) is 5.10 Å². The molecule has 20 heavy (non-hydrogen) atoms. The fourth-order valence-electron chi connectivity index (χ4n) is 2.46. The second kappa shape index (κ2) is 5.70. The van der Waals surface area contributed by atoms with Crippen LogP contribution >= 0.6 is 15.9 Å². The largest absolute Gasteiger partial charge is 0.337 e. The standard InChI is InChI=1S/C13H14BrN5O/c14-10-2-1-5-15-11(10)13(20)19-6-3-9(4-7-19)12-16-8-17-18-12/h1-2,5,8-9H,3-4,6-7H2,(H,16,17,18). The van der Waals surface area contributed by atoms with Gasteiger partial charge in [0.2, 0.25) is 0 Å². The molecule has 0 aliphatic carbocycles. The van der Waals surface area contributed by atoms with Gasteiger partial charge in [-0.1, -0.05) is 0 Å². The molecular formula is C13H14BrN5O. The van der Waals surface area contributed by atoms with Gasteiger partial charge in [-0.3, -0.25) is 9.89 Å². The highest BCUT2D eigenvalue weighted by molar-refractivity contribution is 9.10. The number of amides is 1. The number of hydrogen-bond acceptors (Lipinski definition) is 4. The van der Waals surface area contributed by atoms with Crippen LogP contribution in [0.5, 0.6) is 0 Å². The van der Waals surface area contributed by atoms with Crippen molar-refractivity contribution in [2.24, 2.45) is 0 Å². The molecule has 7 heteroatoms. The number of halogens is 1. The van der Waals surface area contributed by atoms with Gasteiger partial charge in [-0.25, -0.2) is 9.97 Å². The predicted molar refractivity (Wildman–Crippen MR) is 76.2 cm³/mol. The zero-order chi connectivity index (χ0) is 13.9. The summed E-state index contributed by atoms with van der Waals surface area (Å²) in [7, 11) is 0. The van der Waals surface area contributed by atoms with Crippen LogP contribution in [0.2, 0.25) is 0 Å². The molecule has 0 radical (unpaired) electrons. The van der Waals surface area contributed by atoms with E-state index in [-0.39, 0.29) is 5.91 Å². The van der Waals surface area contributed by atoms with Crippen molar-refractivity contribution < 1.29 is 4.79 Å². The number of piperidine rings is 1. The van der Waals surface area contributed by atoms with E-state index in [1.165, 1.54) is 6.33 Å². The Morgan fingerprint density at radius 3 is 2.80 bits per heavy atom. The normalized spacial score (nSPS) is 16.4. The molecule has 3 rings (SSSR count). The Hall–Kier alpha value is -1.76. The summed E-state index contributed by atoms with van der Waals surface area (Å²) in [5.41, 5.74) is 0.477. The van der Waals surface area contributed by atoms with E-state index in [9.17, 15) is 4.79 Å². The summed E-state index contributed by atoms with van der Waals surface area (Å²) < 4.78 is 0.738. The molecule has 0 bridgehead atoms. The first-order valence-electron chi connectivity index (χ1n) is 6.51. The second-order valence-corrected chi connectivity index (χ2v) is 5.63. The number of nitrogens with one attached hydrogen (secondary N) is 1. The number of rotatable bonds is 2. The quantitative estimate of drug-likeness (QED) is 0.910. The first-order chi connectivity index (χ1) is 9.75. The Bertz CT molecular complexity index is 593. The Labute approximate surface area is 124 Å². The molecule has 1 aliphatic rings. The SMILES string of the molecule is O=C(c1ncccc1Br)N1CCC(c2ncn[nH]2)CC1. The van der Waals surface area contributed by atoms with Crippen molar-refractivity contribution in [3.63, 3.8) is 0 Å². The van der Waals surface area contributed by atoms with Crippen molar-refractivity contribution >= 4 is 21.8 Å². The number of hydrogen-bond donors (Lipinski definition) is 1. The fourth-order valence-corrected chi connectivity index (χ4v) is 2.89. The smallest absolute Gasteiger partial charge is 0.273 e. The predicted octanol–water partition coefficient (Wildman–Crippen LogP) is 1.98. The highest BCUT2D eigenvalue weighted by atomic mass is 79.9. The van der Waals surface area contributed by atoms with E-state index in [0.717, 1.165) is 23.1 Å². The van der Waals surface area contributed by atoms with Crippen LogP contribution in [0.4, 0.5) is 0 Å². The lowest BCUT2D eigenvalue weighted by atomic mass is 9.96. The minimum Gasteiger partial charge on any atom is -0.337 e. The van der Waals surface area contributed by atoms with Crippen LogP contribution in [0.25, 0.3) is 0 Å². The monoisotopic (exact) mass is 335 g/mol. The van der Waals surface area contributed by atoms with Gasteiger partial charge in [-0.15, -0.1) is 0 Å². The molecule has 1 aliphatic heterocycles. The van der Waals surface area contributed by atoms with Crippen molar-refractivity contribution in [3.05, 3.63) is 40.6 Å². The third-order valence-corrected chi connectivity index (χ3v) is 4.20. The summed E-state index contributed by atoms with van der Waals surface area (Å²) in [4.78, 5) is 22.6. The molecule has 6 nitrogen and oxygen atoms in total. The van der Waals surface area contributed by atoms with Gasteiger partial charge in [0.1, 0.15) is 17.8 Å². The van der Waals surface area contributed by atoms with Gasteiger partial charge in [0.05, 0.1) is 0 Å². The summed E-state index contributed by atoms with van der Waals surface area (Å²) in [5.74, 6) is 1.25. The van der Waals surface area contributed by atoms with E-state index >= 15 is 0 Å². The highest BCUT2D eigenvalue weighted by Crippen LogP contribution is 2.26. The summed E-state index contributed by atoms with van der Waals surface area (Å²) in [6, 6.07) is 3.64. The van der Waals surface area contributed by atoms with Crippen molar-refractivity contribution in [3.8, 4) is 0 Å². The van der Waals surface area contributed by atoms with Crippen LogP contribution < -0.4 is 0 Å². The number of aromatic nitrogens is 4. The molecule has 0 saturated carbocycles. The summed E-state index contributed by atoms with van der Waals surface area (Å²) in [6.07, 6.45) is 4.95. The summed E-state index contributed by atoms with van der Waals surface area (Å²) >= 11 is 3.37. The minimum atomic E-state index is -0.0199. The number of H-pyrrole nitrogens is 1. The first-order valence-corrected chi connectivity index (χ1v) is 7.30. The Balaban J connectivity index is 1.66. The number of pyridine rings is 1. The van der Waals surface area contributed by atoms with Crippen LogP contribution in [0.15, 0.2) is 29.1 Å². The molecule has 2 aromatic heterocycles. The van der Waals surface area contributed by atoms with Crippen LogP contribution in [-0.4, -0.2) is 44.1 Å². The van der Waals surface area contributed by atoms with E-state index in [0.29, 0.717) is 24.7 Å². The Kier molecular flexibility index (Phi) is 3.77. The number of likely N-dealkylation sites (tertiary alicyclic amines) is 1. The minimum absolute atomic E-state index is 0.0199. The molecule has 2 aromatic rings. The maximum atomic E-state index is 12.4. The van der Waals surface area contributed by atoms with Crippen molar-refractivity contribution in [1.82, 2.24) is 25.1 Å². The average Bonchev–Trinajstić information content (AvgIpc) is 3.01. The van der Waals surface area contributed by atoms with E-state index in [4.69, 9.17) is 0 Å². The third kappa shape index (κ3) is 2.58. The summed E-state index contributed by atoms with van der Waals surface area (Å²) in [6.45, 7) is 1.43. The van der Waals surface area contributed by atoms with Gasteiger partial charge in [0.15, 0.2) is 0 Å². The summed E-state index contributed by atoms with van der Waals surface area (Å²) in [5, 5.41) is 6.79. The second-order valence-electron chi connectivity index (χ2n) is 4.77. The van der Waals surface area contributed by atoms with E-state index in [1.807, 2.05) is 11.0 Å². The van der Waals surface area contributed by atoms with Crippen LogP contribution in [0, 0.1) is 0 Å². The van der Waals surface area contributed by atoms with Gasteiger partial charge in [-0.05, 0) is 40.9 Å². The topological polar surface area (TPSA) is 74.8 Å². The van der Waals surface area contributed by atoms with Gasteiger partial charge >= 0.3 is 0 Å². The molecular weight excluding hydrogens is 322 g/mol.